The summed E-state index contributed by atoms with van der Waals surface area (Å²) >= 11 is 0. The summed E-state index contributed by atoms with van der Waals surface area (Å²) in [5.41, 5.74) is 6.27. The van der Waals surface area contributed by atoms with Crippen LogP contribution in [-0.2, 0) is 5.41 Å². The van der Waals surface area contributed by atoms with E-state index < -0.39 is 0 Å². The van der Waals surface area contributed by atoms with Crippen molar-refractivity contribution in [3.05, 3.63) is 33.9 Å². The van der Waals surface area contributed by atoms with Gasteiger partial charge in [0.05, 0.1) is 0 Å². The highest BCUT2D eigenvalue weighted by atomic mass is 16.1. The van der Waals surface area contributed by atoms with Gasteiger partial charge in [-0.1, -0.05) is 33.8 Å². The number of aryl methyl sites for hydroxylation is 1. The van der Waals surface area contributed by atoms with Gasteiger partial charge in [0, 0.05) is 5.56 Å². The third-order valence-corrected chi connectivity index (χ3v) is 5.04. The summed E-state index contributed by atoms with van der Waals surface area (Å²) in [6, 6.07) is 2.23. The topological polar surface area (TPSA) is 17.1 Å². The van der Waals surface area contributed by atoms with Crippen molar-refractivity contribution in [2.75, 3.05) is 0 Å². The molecule has 0 saturated carbocycles. The van der Waals surface area contributed by atoms with Gasteiger partial charge in [0.15, 0.2) is 6.29 Å². The number of hydrogen-bond donors (Lipinski definition) is 0. The monoisotopic (exact) mass is 230 g/mol. The summed E-state index contributed by atoms with van der Waals surface area (Å²) in [7, 11) is 0. The first-order valence-electron chi connectivity index (χ1n) is 6.42. The van der Waals surface area contributed by atoms with Gasteiger partial charge in [0.2, 0.25) is 0 Å². The van der Waals surface area contributed by atoms with Crippen molar-refractivity contribution < 1.29 is 4.79 Å². The van der Waals surface area contributed by atoms with Gasteiger partial charge in [-0.2, -0.15) is 0 Å². The van der Waals surface area contributed by atoms with Crippen molar-refractivity contribution >= 4 is 6.29 Å². The van der Waals surface area contributed by atoms with Crippen LogP contribution in [0.15, 0.2) is 6.07 Å². The van der Waals surface area contributed by atoms with Gasteiger partial charge in [-0.05, 0) is 53.4 Å². The normalized spacial score (nSPS) is 25.8. The molecule has 0 heterocycles. The summed E-state index contributed by atoms with van der Waals surface area (Å²) in [5, 5.41) is 0. The SMILES string of the molecule is Cc1cc2c(c(C)c1C=O)C(C)C(C)C2(C)C. The zero-order valence-corrected chi connectivity index (χ0v) is 11.7. The number of rotatable bonds is 1. The Labute approximate surface area is 104 Å². The number of carbonyl (C=O) groups is 1. The second-order valence-corrected chi connectivity index (χ2v) is 6.11. The van der Waals surface area contributed by atoms with E-state index in [2.05, 4.69) is 40.7 Å². The maximum atomic E-state index is 11.2. The van der Waals surface area contributed by atoms with Crippen molar-refractivity contribution in [2.45, 2.75) is 52.9 Å². The highest BCUT2D eigenvalue weighted by Crippen LogP contribution is 2.51. The molecule has 0 bridgehead atoms. The van der Waals surface area contributed by atoms with E-state index in [4.69, 9.17) is 0 Å². The maximum Gasteiger partial charge on any atom is 0.150 e. The molecule has 1 aromatic rings. The Bertz CT molecular complexity index is 483. The van der Waals surface area contributed by atoms with E-state index in [9.17, 15) is 4.79 Å². The fourth-order valence-electron chi connectivity index (χ4n) is 3.44. The van der Waals surface area contributed by atoms with Crippen molar-refractivity contribution in [3.63, 3.8) is 0 Å². The van der Waals surface area contributed by atoms with Crippen LogP contribution in [0.25, 0.3) is 0 Å². The van der Waals surface area contributed by atoms with E-state index in [1.807, 2.05) is 6.92 Å². The van der Waals surface area contributed by atoms with Gasteiger partial charge in [-0.15, -0.1) is 0 Å². The highest BCUT2D eigenvalue weighted by molar-refractivity contribution is 5.81. The van der Waals surface area contributed by atoms with Crippen molar-refractivity contribution in [3.8, 4) is 0 Å². The second-order valence-electron chi connectivity index (χ2n) is 6.11. The molecule has 0 fully saturated rings. The lowest BCUT2D eigenvalue weighted by molar-refractivity contribution is 0.112. The number of aldehydes is 1. The summed E-state index contributed by atoms with van der Waals surface area (Å²) < 4.78 is 0. The van der Waals surface area contributed by atoms with Gasteiger partial charge >= 0.3 is 0 Å². The van der Waals surface area contributed by atoms with E-state index in [-0.39, 0.29) is 5.41 Å². The average molecular weight is 230 g/mol. The molecule has 2 atom stereocenters. The first-order chi connectivity index (χ1) is 7.82. The Morgan fingerprint density at radius 2 is 1.82 bits per heavy atom. The van der Waals surface area contributed by atoms with Crippen LogP contribution >= 0.6 is 0 Å². The minimum Gasteiger partial charge on any atom is -0.298 e. The lowest BCUT2D eigenvalue weighted by Crippen LogP contribution is -2.22. The smallest absolute Gasteiger partial charge is 0.150 e. The molecule has 0 N–H and O–H groups in total. The number of fused-ring (bicyclic) bond motifs is 1. The third kappa shape index (κ3) is 1.48. The molecule has 0 radical (unpaired) electrons. The Morgan fingerprint density at radius 1 is 1.24 bits per heavy atom. The van der Waals surface area contributed by atoms with Crippen LogP contribution in [0, 0.1) is 19.8 Å². The zero-order chi connectivity index (χ0) is 13.0. The lowest BCUT2D eigenvalue weighted by Gasteiger charge is -2.27. The summed E-state index contributed by atoms with van der Waals surface area (Å²) in [6.45, 7) is 13.4. The fraction of sp³-hybridized carbons (Fsp3) is 0.562. The minimum absolute atomic E-state index is 0.214. The summed E-state index contributed by atoms with van der Waals surface area (Å²) in [4.78, 5) is 11.2. The van der Waals surface area contributed by atoms with E-state index >= 15 is 0 Å². The number of carbonyl (C=O) groups excluding carboxylic acids is 1. The Hall–Kier alpha value is -1.11. The first kappa shape index (κ1) is 12.3. The van der Waals surface area contributed by atoms with Crippen molar-refractivity contribution in [1.82, 2.24) is 0 Å². The van der Waals surface area contributed by atoms with Gasteiger partial charge < -0.3 is 0 Å². The van der Waals surface area contributed by atoms with Crippen LogP contribution in [0.5, 0.6) is 0 Å². The minimum atomic E-state index is 0.214. The Balaban J connectivity index is 2.79. The molecule has 2 unspecified atom stereocenters. The van der Waals surface area contributed by atoms with Crippen LogP contribution in [0.4, 0.5) is 0 Å². The maximum absolute atomic E-state index is 11.2. The van der Waals surface area contributed by atoms with E-state index in [0.29, 0.717) is 11.8 Å². The highest BCUT2D eigenvalue weighted by Gasteiger charge is 2.42. The van der Waals surface area contributed by atoms with Crippen LogP contribution < -0.4 is 0 Å². The van der Waals surface area contributed by atoms with Gasteiger partial charge in [-0.3, -0.25) is 4.79 Å². The third-order valence-electron chi connectivity index (χ3n) is 5.04. The van der Waals surface area contributed by atoms with E-state index in [0.717, 1.165) is 17.4 Å². The average Bonchev–Trinajstić information content (AvgIpc) is 2.41. The fourth-order valence-corrected chi connectivity index (χ4v) is 3.44. The molecule has 2 rings (SSSR count). The second kappa shape index (κ2) is 3.69. The van der Waals surface area contributed by atoms with Gasteiger partial charge in [0.1, 0.15) is 0 Å². The number of hydrogen-bond acceptors (Lipinski definition) is 1. The molecule has 1 aliphatic carbocycles. The van der Waals surface area contributed by atoms with Gasteiger partial charge in [-0.25, -0.2) is 0 Å². The lowest BCUT2D eigenvalue weighted by atomic mass is 9.77. The van der Waals surface area contributed by atoms with Crippen molar-refractivity contribution in [2.24, 2.45) is 5.92 Å². The molecule has 17 heavy (non-hydrogen) atoms. The molecule has 0 aliphatic heterocycles. The van der Waals surface area contributed by atoms with Crippen LogP contribution in [0.1, 0.15) is 66.2 Å². The molecule has 0 amide bonds. The molecular formula is C16H22O. The summed E-state index contributed by atoms with van der Waals surface area (Å²) in [6.07, 6.45) is 1.01. The largest absolute Gasteiger partial charge is 0.298 e. The molecule has 1 aliphatic rings. The zero-order valence-electron chi connectivity index (χ0n) is 11.7. The van der Waals surface area contributed by atoms with Crippen LogP contribution in [0.3, 0.4) is 0 Å². The predicted octanol–water partition coefficient (Wildman–Crippen LogP) is 4.15. The van der Waals surface area contributed by atoms with Crippen LogP contribution in [-0.4, -0.2) is 6.29 Å². The molecule has 0 saturated heterocycles. The predicted molar refractivity (Wildman–Crippen MR) is 71.9 cm³/mol. The summed E-state index contributed by atoms with van der Waals surface area (Å²) in [5.74, 6) is 1.16. The Kier molecular flexibility index (Phi) is 2.68. The van der Waals surface area contributed by atoms with Gasteiger partial charge in [0.25, 0.3) is 0 Å². The first-order valence-corrected chi connectivity index (χ1v) is 6.42. The van der Waals surface area contributed by atoms with E-state index in [1.54, 1.807) is 0 Å². The molecule has 1 nitrogen and oxygen atoms in total. The van der Waals surface area contributed by atoms with Crippen molar-refractivity contribution in [1.29, 1.82) is 0 Å². The quantitative estimate of drug-likeness (QED) is 0.662. The Morgan fingerprint density at radius 3 is 2.35 bits per heavy atom. The van der Waals surface area contributed by atoms with Crippen LogP contribution in [0.2, 0.25) is 0 Å². The molecule has 0 spiro atoms. The standard InChI is InChI=1S/C16H22O/c1-9-7-14-15(11(3)13(9)8-17)10(2)12(4)16(14,5)6/h7-8,10,12H,1-6H3. The number of benzene rings is 1. The molecule has 92 valence electrons. The molecule has 1 heteroatoms. The molecule has 0 aromatic heterocycles. The van der Waals surface area contributed by atoms with E-state index in [1.165, 1.54) is 16.7 Å². The molecule has 1 aromatic carbocycles. The molecular weight excluding hydrogens is 208 g/mol.